The number of para-hydroxylation sites is 1. The zero-order valence-electron chi connectivity index (χ0n) is 25.2. The molecule has 0 spiro atoms. The van der Waals surface area contributed by atoms with Crippen molar-refractivity contribution in [1.82, 2.24) is 24.6 Å². The van der Waals surface area contributed by atoms with Gasteiger partial charge in [0.1, 0.15) is 12.1 Å². The molecule has 45 heavy (non-hydrogen) atoms. The molecule has 2 amide bonds. The number of thiazole rings is 1. The third-order valence-corrected chi connectivity index (χ3v) is 8.24. The molecule has 1 unspecified atom stereocenters. The first-order valence-electron chi connectivity index (χ1n) is 14.5. The molecule has 0 bridgehead atoms. The molecule has 0 fully saturated rings. The number of benzene rings is 3. The molecule has 3 aromatic carbocycles. The van der Waals surface area contributed by atoms with Crippen molar-refractivity contribution in [3.8, 4) is 28.5 Å². The molecule has 1 N–H and O–H groups in total. The minimum Gasteiger partial charge on any atom is -0.406 e. The van der Waals surface area contributed by atoms with E-state index in [1.165, 1.54) is 52.2 Å². The van der Waals surface area contributed by atoms with Crippen LogP contribution >= 0.6 is 11.3 Å². The number of hydrogen-bond acceptors (Lipinski definition) is 5. The van der Waals surface area contributed by atoms with E-state index in [2.05, 4.69) is 58.0 Å². The van der Waals surface area contributed by atoms with Crippen LogP contribution in [0.15, 0.2) is 89.5 Å². The lowest BCUT2D eigenvalue weighted by atomic mass is 9.96. The van der Waals surface area contributed by atoms with E-state index >= 15 is 0 Å². The molecule has 5 aromatic rings. The molecule has 0 saturated heterocycles. The van der Waals surface area contributed by atoms with Gasteiger partial charge < -0.3 is 10.1 Å². The van der Waals surface area contributed by atoms with Crippen molar-refractivity contribution < 1.29 is 22.7 Å². The number of rotatable bonds is 9. The summed E-state index contributed by atoms with van der Waals surface area (Å²) < 4.78 is 44.7. The van der Waals surface area contributed by atoms with Crippen molar-refractivity contribution >= 4 is 17.4 Å². The highest BCUT2D eigenvalue weighted by Crippen LogP contribution is 2.26. The van der Waals surface area contributed by atoms with Crippen LogP contribution in [0, 0.1) is 6.92 Å². The van der Waals surface area contributed by atoms with E-state index in [1.807, 2.05) is 53.3 Å². The van der Waals surface area contributed by atoms with E-state index in [4.69, 9.17) is 0 Å². The van der Waals surface area contributed by atoms with Crippen molar-refractivity contribution in [2.75, 3.05) is 6.54 Å². The first-order chi connectivity index (χ1) is 21.5. The maximum absolute atomic E-state index is 12.8. The fourth-order valence-corrected chi connectivity index (χ4v) is 5.78. The summed E-state index contributed by atoms with van der Waals surface area (Å²) in [5.41, 5.74) is 5.69. The molecule has 0 aliphatic carbocycles. The fraction of sp³-hybridized carbons (Fsp3) is 0.273. The second kappa shape index (κ2) is 13.5. The Kier molecular flexibility index (Phi) is 9.52. The number of amides is 2. The van der Waals surface area contributed by atoms with Crippen molar-refractivity contribution in [2.45, 2.75) is 52.3 Å². The highest BCUT2D eigenvalue weighted by molar-refractivity contribution is 7.07. The molecule has 234 valence electrons. The molecule has 8 nitrogen and oxygen atoms in total. The molecular formula is C33H33F3N6O2S. The van der Waals surface area contributed by atoms with Gasteiger partial charge in [-0.3, -0.25) is 4.57 Å². The molecule has 2 heterocycles. The molecule has 12 heteroatoms. The summed E-state index contributed by atoms with van der Waals surface area (Å²) in [5, 5.41) is 9.39. The number of halogens is 3. The Morgan fingerprint density at radius 3 is 2.42 bits per heavy atom. The predicted octanol–water partition coefficient (Wildman–Crippen LogP) is 7.92. The third kappa shape index (κ3) is 7.88. The maximum atomic E-state index is 12.8. The van der Waals surface area contributed by atoms with Gasteiger partial charge in [0.05, 0.1) is 11.4 Å². The lowest BCUT2D eigenvalue weighted by Gasteiger charge is -2.15. The number of carbonyl (C=O) groups excluding carboxylic acids is 1. The topological polar surface area (TPSA) is 86.3 Å². The van der Waals surface area contributed by atoms with E-state index in [-0.39, 0.29) is 17.7 Å². The standard InChI is InChI=1S/C33H33F3N6O2S/c1-21(2)28-7-5-6-8-29(28)42-23(4)19-45-32(42)39-31(43)37-18-17-22(3)24-9-11-25(12-10-24)30-38-20-41(40-30)26-13-15-27(16-14-26)44-33(34,35)36/h5-16,19-22H,17-18H2,1-4H3,(H,37,43)/b39-32-. The Bertz CT molecular complexity index is 1820. The predicted molar refractivity (Wildman–Crippen MR) is 168 cm³/mol. The molecular weight excluding hydrogens is 601 g/mol. The number of urea groups is 1. The second-order valence-corrected chi connectivity index (χ2v) is 11.8. The number of aryl methyl sites for hydroxylation is 1. The SMILES string of the molecule is Cc1cs/c(=N\C(=O)NCCC(C)c2ccc(-c3ncn(-c4ccc(OC(F)(F)F)cc4)n3)cc2)n1-c1ccccc1C(C)C. The number of alkyl halides is 3. The molecule has 0 radical (unpaired) electrons. The fourth-order valence-electron chi connectivity index (χ4n) is 4.91. The first-order valence-corrected chi connectivity index (χ1v) is 15.3. The minimum atomic E-state index is -4.75. The summed E-state index contributed by atoms with van der Waals surface area (Å²) in [6.45, 7) is 8.87. The van der Waals surface area contributed by atoms with Crippen molar-refractivity contribution in [3.05, 3.63) is 106 Å². The van der Waals surface area contributed by atoms with Crippen molar-refractivity contribution in [3.63, 3.8) is 0 Å². The maximum Gasteiger partial charge on any atom is 0.573 e. The molecule has 2 aromatic heterocycles. The molecule has 1 atom stereocenters. The third-order valence-electron chi connectivity index (χ3n) is 7.29. The highest BCUT2D eigenvalue weighted by atomic mass is 32.1. The highest BCUT2D eigenvalue weighted by Gasteiger charge is 2.31. The smallest absolute Gasteiger partial charge is 0.406 e. The Morgan fingerprint density at radius 1 is 1.02 bits per heavy atom. The van der Waals surface area contributed by atoms with E-state index in [9.17, 15) is 18.0 Å². The monoisotopic (exact) mass is 634 g/mol. The lowest BCUT2D eigenvalue weighted by Crippen LogP contribution is -2.26. The Hall–Kier alpha value is -4.71. The summed E-state index contributed by atoms with van der Waals surface area (Å²) in [5.74, 6) is 0.680. The van der Waals surface area contributed by atoms with Crippen LogP contribution in [0.5, 0.6) is 5.75 Å². The van der Waals surface area contributed by atoms with Gasteiger partial charge in [0.2, 0.25) is 0 Å². The minimum absolute atomic E-state index is 0.175. The van der Waals surface area contributed by atoms with E-state index in [0.717, 1.165) is 28.9 Å². The van der Waals surface area contributed by atoms with Crippen LogP contribution in [0.2, 0.25) is 0 Å². The summed E-state index contributed by atoms with van der Waals surface area (Å²) in [6, 6.07) is 21.0. The van der Waals surface area contributed by atoms with Crippen molar-refractivity contribution in [2.24, 2.45) is 4.99 Å². The molecule has 0 aliphatic heterocycles. The van der Waals surface area contributed by atoms with E-state index in [1.54, 1.807) is 0 Å². The van der Waals surface area contributed by atoms with Crippen LogP contribution in [0.3, 0.4) is 0 Å². The quantitative estimate of drug-likeness (QED) is 0.179. The van der Waals surface area contributed by atoms with E-state index < -0.39 is 6.36 Å². The van der Waals surface area contributed by atoms with Crippen LogP contribution in [-0.2, 0) is 0 Å². The number of ether oxygens (including phenoxy) is 1. The van der Waals surface area contributed by atoms with Gasteiger partial charge in [-0.1, -0.05) is 63.2 Å². The Labute approximate surface area is 262 Å². The van der Waals surface area contributed by atoms with Gasteiger partial charge in [-0.15, -0.1) is 29.6 Å². The largest absolute Gasteiger partial charge is 0.573 e. The van der Waals surface area contributed by atoms with Gasteiger partial charge in [0.25, 0.3) is 0 Å². The molecule has 5 rings (SSSR count). The van der Waals surface area contributed by atoms with Crippen LogP contribution in [-0.4, -0.2) is 38.3 Å². The molecule has 0 saturated carbocycles. The summed E-state index contributed by atoms with van der Waals surface area (Å²) in [7, 11) is 0. The zero-order valence-corrected chi connectivity index (χ0v) is 26.1. The lowest BCUT2D eigenvalue weighted by molar-refractivity contribution is -0.274. The van der Waals surface area contributed by atoms with Gasteiger partial charge in [-0.2, -0.15) is 4.99 Å². The Balaban J connectivity index is 1.18. The van der Waals surface area contributed by atoms with Crippen LogP contribution in [0.25, 0.3) is 22.8 Å². The average molecular weight is 635 g/mol. The first kappa shape index (κ1) is 31.7. The number of aromatic nitrogens is 4. The van der Waals surface area contributed by atoms with Gasteiger partial charge in [0.15, 0.2) is 10.6 Å². The van der Waals surface area contributed by atoms with Crippen LogP contribution < -0.4 is 14.9 Å². The van der Waals surface area contributed by atoms with Gasteiger partial charge in [0, 0.05) is 23.2 Å². The number of nitrogens with one attached hydrogen (secondary N) is 1. The second-order valence-electron chi connectivity index (χ2n) is 10.9. The summed E-state index contributed by atoms with van der Waals surface area (Å²) >= 11 is 1.44. The van der Waals surface area contributed by atoms with Gasteiger partial charge in [-0.25, -0.2) is 14.5 Å². The van der Waals surface area contributed by atoms with Crippen LogP contribution in [0.1, 0.15) is 55.8 Å². The summed E-state index contributed by atoms with van der Waals surface area (Å²) in [4.78, 5) is 22.1. The number of hydrogen-bond donors (Lipinski definition) is 1. The Morgan fingerprint density at radius 2 is 1.73 bits per heavy atom. The van der Waals surface area contributed by atoms with Crippen molar-refractivity contribution in [1.29, 1.82) is 0 Å². The number of carbonyl (C=O) groups is 1. The zero-order chi connectivity index (χ0) is 32.1. The summed E-state index contributed by atoms with van der Waals surface area (Å²) in [6.07, 6.45) is -2.52. The normalized spacial score (nSPS) is 12.8. The number of nitrogens with zero attached hydrogens (tertiary/aromatic N) is 5. The van der Waals surface area contributed by atoms with Gasteiger partial charge in [-0.05, 0) is 66.6 Å². The molecule has 0 aliphatic rings. The van der Waals surface area contributed by atoms with Gasteiger partial charge >= 0.3 is 12.4 Å². The van der Waals surface area contributed by atoms with E-state index in [0.29, 0.717) is 28.8 Å². The average Bonchev–Trinajstić information content (AvgIpc) is 3.64. The van der Waals surface area contributed by atoms with Crippen LogP contribution in [0.4, 0.5) is 18.0 Å².